The first kappa shape index (κ1) is 15.0. The summed E-state index contributed by atoms with van der Waals surface area (Å²) in [7, 11) is 0. The Hall–Kier alpha value is -1.06. The first-order valence-corrected chi connectivity index (χ1v) is 5.92. The highest BCUT2D eigenvalue weighted by Crippen LogP contribution is 2.26. The molecule has 8 heteroatoms. The highest BCUT2D eigenvalue weighted by atomic mass is 127. The SMILES string of the molecule is CCOC(=O)c1c(I)cc(OC(F)(F)F)nc1C. The highest BCUT2D eigenvalue weighted by molar-refractivity contribution is 14.1. The molecule has 0 bridgehead atoms. The second kappa shape index (κ2) is 5.72. The zero-order valence-corrected chi connectivity index (χ0v) is 11.6. The molecular weight excluding hydrogens is 366 g/mol. The summed E-state index contributed by atoms with van der Waals surface area (Å²) in [6.45, 7) is 3.22. The average molecular weight is 375 g/mol. The Morgan fingerprint density at radius 3 is 2.56 bits per heavy atom. The normalized spacial score (nSPS) is 11.2. The van der Waals surface area contributed by atoms with E-state index >= 15 is 0 Å². The molecule has 0 amide bonds. The van der Waals surface area contributed by atoms with E-state index in [2.05, 4.69) is 9.72 Å². The lowest BCUT2D eigenvalue weighted by atomic mass is 10.2. The van der Waals surface area contributed by atoms with E-state index in [4.69, 9.17) is 4.74 Å². The minimum Gasteiger partial charge on any atom is -0.462 e. The van der Waals surface area contributed by atoms with Gasteiger partial charge in [0.1, 0.15) is 0 Å². The predicted molar refractivity (Wildman–Crippen MR) is 64.3 cm³/mol. The average Bonchev–Trinajstić information content (AvgIpc) is 2.13. The fourth-order valence-electron chi connectivity index (χ4n) is 1.23. The van der Waals surface area contributed by atoms with Gasteiger partial charge in [-0.15, -0.1) is 13.2 Å². The van der Waals surface area contributed by atoms with Crippen LogP contribution in [0.2, 0.25) is 0 Å². The topological polar surface area (TPSA) is 48.4 Å². The first-order chi connectivity index (χ1) is 8.24. The Labute approximate surface area is 115 Å². The number of rotatable bonds is 3. The Kier molecular flexibility index (Phi) is 4.77. The Bertz CT molecular complexity index is 439. The van der Waals surface area contributed by atoms with Gasteiger partial charge in [-0.25, -0.2) is 9.78 Å². The molecule has 0 aliphatic carbocycles. The van der Waals surface area contributed by atoms with Crippen molar-refractivity contribution in [1.82, 2.24) is 4.98 Å². The van der Waals surface area contributed by atoms with Crippen molar-refractivity contribution in [2.45, 2.75) is 20.2 Å². The van der Waals surface area contributed by atoms with Crippen molar-refractivity contribution >= 4 is 28.6 Å². The molecule has 0 atom stereocenters. The number of halogens is 4. The van der Waals surface area contributed by atoms with Gasteiger partial charge >= 0.3 is 12.3 Å². The number of esters is 1. The zero-order chi connectivity index (χ0) is 13.9. The molecular formula is C10H9F3INO3. The maximum absolute atomic E-state index is 12.0. The summed E-state index contributed by atoms with van der Waals surface area (Å²) in [6, 6.07) is 1.04. The van der Waals surface area contributed by atoms with Gasteiger partial charge in [0.25, 0.3) is 0 Å². The molecule has 0 radical (unpaired) electrons. The van der Waals surface area contributed by atoms with Crippen molar-refractivity contribution in [3.63, 3.8) is 0 Å². The van der Waals surface area contributed by atoms with E-state index in [1.165, 1.54) is 6.92 Å². The van der Waals surface area contributed by atoms with Gasteiger partial charge in [0.15, 0.2) is 0 Å². The second-order valence-corrected chi connectivity index (χ2v) is 4.33. The van der Waals surface area contributed by atoms with E-state index in [-0.39, 0.29) is 21.4 Å². The van der Waals surface area contributed by atoms with Crippen LogP contribution < -0.4 is 4.74 Å². The summed E-state index contributed by atoms with van der Waals surface area (Å²) in [5, 5.41) is 0. The number of alkyl halides is 3. The van der Waals surface area contributed by atoms with Gasteiger partial charge in [-0.2, -0.15) is 0 Å². The number of carbonyl (C=O) groups is 1. The first-order valence-electron chi connectivity index (χ1n) is 4.84. The van der Waals surface area contributed by atoms with E-state index < -0.39 is 18.2 Å². The lowest BCUT2D eigenvalue weighted by Gasteiger charge is -2.11. The van der Waals surface area contributed by atoms with Crippen molar-refractivity contribution < 1.29 is 27.4 Å². The van der Waals surface area contributed by atoms with Crippen LogP contribution >= 0.6 is 22.6 Å². The number of nitrogens with zero attached hydrogens (tertiary/aromatic N) is 1. The van der Waals surface area contributed by atoms with Crippen molar-refractivity contribution in [2.24, 2.45) is 0 Å². The van der Waals surface area contributed by atoms with Crippen LogP contribution in [-0.2, 0) is 4.74 Å². The number of pyridine rings is 1. The second-order valence-electron chi connectivity index (χ2n) is 3.17. The van der Waals surface area contributed by atoms with Crippen LogP contribution in [0.1, 0.15) is 23.0 Å². The molecule has 1 rings (SSSR count). The lowest BCUT2D eigenvalue weighted by Crippen LogP contribution is -2.19. The van der Waals surface area contributed by atoms with Crippen LogP contribution in [0, 0.1) is 10.5 Å². The van der Waals surface area contributed by atoms with E-state index in [1.807, 2.05) is 0 Å². The van der Waals surface area contributed by atoms with E-state index in [0.29, 0.717) is 0 Å². The van der Waals surface area contributed by atoms with Crippen LogP contribution in [0.5, 0.6) is 5.88 Å². The third-order valence-corrected chi connectivity index (χ3v) is 2.68. The fourth-order valence-corrected chi connectivity index (χ4v) is 2.10. The van der Waals surface area contributed by atoms with Crippen molar-refractivity contribution in [1.29, 1.82) is 0 Å². The van der Waals surface area contributed by atoms with Crippen molar-refractivity contribution in [3.05, 3.63) is 20.9 Å². The Morgan fingerprint density at radius 1 is 1.50 bits per heavy atom. The highest BCUT2D eigenvalue weighted by Gasteiger charge is 2.32. The van der Waals surface area contributed by atoms with Crippen LogP contribution in [-0.4, -0.2) is 23.9 Å². The number of carbonyl (C=O) groups excluding carboxylic acids is 1. The molecule has 0 unspecified atom stereocenters. The molecule has 0 aliphatic heterocycles. The fraction of sp³-hybridized carbons (Fsp3) is 0.400. The third kappa shape index (κ3) is 4.00. The zero-order valence-electron chi connectivity index (χ0n) is 9.47. The molecule has 0 aliphatic rings. The Balaban J connectivity index is 3.09. The van der Waals surface area contributed by atoms with Gasteiger partial charge in [0.2, 0.25) is 5.88 Å². The van der Waals surface area contributed by atoms with Crippen LogP contribution in [0.25, 0.3) is 0 Å². The number of ether oxygens (including phenoxy) is 2. The summed E-state index contributed by atoms with van der Waals surface area (Å²) < 4.78 is 44.8. The maximum atomic E-state index is 12.0. The van der Waals surface area contributed by atoms with Gasteiger partial charge in [-0.3, -0.25) is 0 Å². The number of aromatic nitrogens is 1. The van der Waals surface area contributed by atoms with Crippen molar-refractivity contribution in [2.75, 3.05) is 6.61 Å². The number of hydrogen-bond acceptors (Lipinski definition) is 4. The molecule has 1 aromatic rings. The number of hydrogen-bond donors (Lipinski definition) is 0. The van der Waals surface area contributed by atoms with Crippen LogP contribution in [0.4, 0.5) is 13.2 Å². The van der Waals surface area contributed by atoms with Gasteiger partial charge in [0, 0.05) is 9.64 Å². The van der Waals surface area contributed by atoms with E-state index in [9.17, 15) is 18.0 Å². The summed E-state index contributed by atoms with van der Waals surface area (Å²) in [4.78, 5) is 15.1. The molecule has 1 heterocycles. The third-order valence-electron chi connectivity index (χ3n) is 1.83. The summed E-state index contributed by atoms with van der Waals surface area (Å²) in [5.74, 6) is -1.22. The molecule has 4 nitrogen and oxygen atoms in total. The van der Waals surface area contributed by atoms with E-state index in [0.717, 1.165) is 6.07 Å². The minimum absolute atomic E-state index is 0.125. The monoisotopic (exact) mass is 375 g/mol. The van der Waals surface area contributed by atoms with E-state index in [1.54, 1.807) is 29.5 Å². The summed E-state index contributed by atoms with van der Waals surface area (Å²) >= 11 is 1.73. The van der Waals surface area contributed by atoms with Crippen LogP contribution in [0.15, 0.2) is 6.07 Å². The molecule has 0 N–H and O–H groups in total. The van der Waals surface area contributed by atoms with Gasteiger partial charge in [0.05, 0.1) is 17.9 Å². The van der Waals surface area contributed by atoms with Crippen molar-refractivity contribution in [3.8, 4) is 5.88 Å². The predicted octanol–water partition coefficient (Wildman–Crippen LogP) is 3.07. The molecule has 0 fully saturated rings. The maximum Gasteiger partial charge on any atom is 0.574 e. The van der Waals surface area contributed by atoms with Gasteiger partial charge in [-0.05, 0) is 36.4 Å². The lowest BCUT2D eigenvalue weighted by molar-refractivity contribution is -0.276. The molecule has 0 spiro atoms. The molecule has 0 saturated carbocycles. The quantitative estimate of drug-likeness (QED) is 0.602. The molecule has 18 heavy (non-hydrogen) atoms. The number of aryl methyl sites for hydroxylation is 1. The molecule has 100 valence electrons. The Morgan fingerprint density at radius 2 is 2.11 bits per heavy atom. The van der Waals surface area contributed by atoms with Gasteiger partial charge in [-0.1, -0.05) is 0 Å². The smallest absolute Gasteiger partial charge is 0.462 e. The van der Waals surface area contributed by atoms with Crippen LogP contribution in [0.3, 0.4) is 0 Å². The molecule has 1 aromatic heterocycles. The summed E-state index contributed by atoms with van der Waals surface area (Å²) in [6.07, 6.45) is -4.81. The van der Waals surface area contributed by atoms with Gasteiger partial charge < -0.3 is 9.47 Å². The standard InChI is InChI=1S/C10H9F3INO3/c1-3-17-9(16)8-5(2)15-7(4-6(8)14)18-10(11,12)13/h4H,3H2,1-2H3. The molecule has 0 aromatic carbocycles. The molecule has 0 saturated heterocycles. The minimum atomic E-state index is -4.81. The largest absolute Gasteiger partial charge is 0.574 e. The summed E-state index contributed by atoms with van der Waals surface area (Å²) in [5.41, 5.74) is 0.270.